The van der Waals surface area contributed by atoms with Gasteiger partial charge < -0.3 is 60.0 Å². The second-order valence-corrected chi connectivity index (χ2v) is 1.00. The van der Waals surface area contributed by atoms with Gasteiger partial charge in [0.15, 0.2) is 0 Å². The van der Waals surface area contributed by atoms with Crippen LogP contribution in [-0.2, 0) is 0 Å². The smallest absolute Gasteiger partial charge is 0.652 e. The monoisotopic (exact) mass is 400 g/mol. The first-order valence-corrected chi connectivity index (χ1v) is 2.45. The summed E-state index contributed by atoms with van der Waals surface area (Å²) in [6.07, 6.45) is -9.33. The molecule has 0 saturated heterocycles. The van der Waals surface area contributed by atoms with Gasteiger partial charge in [0.2, 0.25) is 0 Å². The molecular weight excluding hydrogens is 400 g/mol. The summed E-state index contributed by atoms with van der Waals surface area (Å²) in [6, 6.07) is 0. The van der Waals surface area contributed by atoms with Crippen LogP contribution in [0.1, 0.15) is 0 Å². The molecule has 0 aromatic heterocycles. The third-order valence-electron chi connectivity index (χ3n) is 0. The molecule has 0 aromatic rings. The topological polar surface area (TPSA) is 253 Å². The van der Waals surface area contributed by atoms with Gasteiger partial charge in [-0.3, -0.25) is 0 Å². The van der Waals surface area contributed by atoms with Gasteiger partial charge in [-0.25, -0.2) is 0 Å². The Kier molecular flexibility index (Phi) is 106. The average Bonchev–Trinajstić information content (AvgIpc) is 1.76. The minimum atomic E-state index is -2.33. The van der Waals surface area contributed by atoms with Crippen molar-refractivity contribution in [1.82, 2.24) is 0 Å². The maximum absolute atomic E-state index is 8.33. The van der Waals surface area contributed by atoms with Gasteiger partial charge in [-0.05, 0) is 24.6 Å². The molecule has 0 aromatic carbocycles. The molecule has 0 rings (SSSR count). The summed E-state index contributed by atoms with van der Waals surface area (Å²) in [5, 5.41) is 66.7. The second kappa shape index (κ2) is 42.9. The summed E-state index contributed by atoms with van der Waals surface area (Å²) in [6.45, 7) is 0. The van der Waals surface area contributed by atoms with E-state index in [9.17, 15) is 0 Å². The molecule has 0 radical (unpaired) electrons. The van der Waals surface area contributed by atoms with Gasteiger partial charge in [0.05, 0.1) is 0 Å². The van der Waals surface area contributed by atoms with Gasteiger partial charge in [0, 0.05) is 0 Å². The molecule has 0 N–H and O–H groups in total. The van der Waals surface area contributed by atoms with Gasteiger partial charge in [-0.2, -0.15) is 0 Å². The molecule has 16 heteroatoms. The first-order valence-electron chi connectivity index (χ1n) is 2.45. The van der Waals surface area contributed by atoms with Crippen LogP contribution >= 0.6 is 0 Å². The fraction of sp³-hybridized carbons (Fsp3) is 0. The largest absolute Gasteiger partial charge is 2.00 e. The molecule has 0 heterocycles. The van der Waals surface area contributed by atoms with Crippen molar-refractivity contribution in [2.75, 3.05) is 0 Å². The van der Waals surface area contributed by atoms with E-state index in [1.807, 2.05) is 0 Å². The van der Waals surface area contributed by atoms with E-state index in [-0.39, 0.29) is 151 Å². The molecule has 0 aliphatic heterocycles. The number of hydrogen-bond acceptors (Lipinski definition) is 12. The molecule has 96 valence electrons. The van der Waals surface area contributed by atoms with E-state index in [1.54, 1.807) is 0 Å². The fourth-order valence-electron chi connectivity index (χ4n) is 0. The third kappa shape index (κ3) is 1640. The van der Waals surface area contributed by atoms with Gasteiger partial charge in [-0.15, -0.1) is 0 Å². The molecular formula is C4Ca4O12. The van der Waals surface area contributed by atoms with Crippen molar-refractivity contribution in [3.8, 4) is 0 Å². The van der Waals surface area contributed by atoms with Gasteiger partial charge in [-0.1, -0.05) is 0 Å². The van der Waals surface area contributed by atoms with Crippen molar-refractivity contribution in [1.29, 1.82) is 0 Å². The Labute approximate surface area is 230 Å². The normalized spacial score (nSPS) is 4.80. The number of rotatable bonds is 0. The number of carbonyl (C=O) groups excluding carboxylic acids is 4. The molecule has 0 saturated carbocycles. The van der Waals surface area contributed by atoms with Crippen molar-refractivity contribution in [2.45, 2.75) is 0 Å². The van der Waals surface area contributed by atoms with Crippen LogP contribution in [0.4, 0.5) is 19.2 Å². The van der Waals surface area contributed by atoms with E-state index in [0.29, 0.717) is 0 Å². The number of carboxylic acid groups (broad SMARTS) is 8. The first kappa shape index (κ1) is 49.5. The number of hydrogen-bond donors (Lipinski definition) is 0. The summed E-state index contributed by atoms with van der Waals surface area (Å²) in [7, 11) is 0. The minimum Gasteiger partial charge on any atom is -0.652 e. The molecule has 0 atom stereocenters. The Morgan fingerprint density at radius 3 is 0.350 bits per heavy atom. The summed E-state index contributed by atoms with van der Waals surface area (Å²) in [4.78, 5) is 33.3. The molecule has 0 aliphatic carbocycles. The molecule has 0 bridgehead atoms. The van der Waals surface area contributed by atoms with Crippen LogP contribution in [0.2, 0.25) is 0 Å². The first-order chi connectivity index (χ1) is 6.93. The molecule has 0 amide bonds. The van der Waals surface area contributed by atoms with E-state index < -0.39 is 24.6 Å². The number of carbonyl (C=O) groups is 4. The Hall–Kier alpha value is 2.12. The molecule has 0 unspecified atom stereocenters. The Morgan fingerprint density at radius 1 is 0.350 bits per heavy atom. The zero-order valence-corrected chi connectivity index (χ0v) is 18.6. The van der Waals surface area contributed by atoms with Crippen LogP contribution < -0.4 is 40.9 Å². The molecule has 12 nitrogen and oxygen atoms in total. The van der Waals surface area contributed by atoms with E-state index in [1.165, 1.54) is 0 Å². The van der Waals surface area contributed by atoms with Gasteiger partial charge in [0.1, 0.15) is 0 Å². The summed E-state index contributed by atoms with van der Waals surface area (Å²) in [5.41, 5.74) is 0. The van der Waals surface area contributed by atoms with Gasteiger partial charge >= 0.3 is 151 Å². The predicted octanol–water partition coefficient (Wildman–Crippen LogP) is -11.3. The SMILES string of the molecule is O=C([O-])[O-].O=C([O-])[O-].O=C([O-])[O-].O=C([O-])[O-].[Ca+2].[Ca+2].[Ca+2].[Ca+2]. The zero-order chi connectivity index (χ0) is 14.3. The zero-order valence-electron chi connectivity index (χ0n) is 9.73. The summed E-state index contributed by atoms with van der Waals surface area (Å²) < 4.78 is 0. The summed E-state index contributed by atoms with van der Waals surface area (Å²) in [5.74, 6) is 0. The van der Waals surface area contributed by atoms with Crippen molar-refractivity contribution in [3.05, 3.63) is 0 Å². The summed E-state index contributed by atoms with van der Waals surface area (Å²) >= 11 is 0. The second-order valence-electron chi connectivity index (χ2n) is 1.00. The van der Waals surface area contributed by atoms with E-state index in [4.69, 9.17) is 60.0 Å². The Bertz CT molecular complexity index is 167. The van der Waals surface area contributed by atoms with Crippen LogP contribution in [0, 0.1) is 0 Å². The Morgan fingerprint density at radius 2 is 0.350 bits per heavy atom. The maximum Gasteiger partial charge on any atom is 2.00 e. The minimum absolute atomic E-state index is 0. The van der Waals surface area contributed by atoms with Crippen molar-refractivity contribution >= 4 is 176 Å². The van der Waals surface area contributed by atoms with E-state index in [0.717, 1.165) is 0 Å². The standard InChI is InChI=1S/4CH2O3.4Ca/c4*2-1(3)4;;;;/h4*(H2,2,3,4);;;;/q;;;;4*+2/p-8. The predicted molar refractivity (Wildman–Crippen MR) is 44.6 cm³/mol. The third-order valence-corrected chi connectivity index (χ3v) is 0. The average molecular weight is 400 g/mol. The van der Waals surface area contributed by atoms with Crippen LogP contribution in [0.25, 0.3) is 0 Å². The molecule has 0 spiro atoms. The Balaban J connectivity index is -0.0000000150. The van der Waals surface area contributed by atoms with Crippen LogP contribution in [0.3, 0.4) is 0 Å². The van der Waals surface area contributed by atoms with Crippen molar-refractivity contribution < 1.29 is 60.0 Å². The molecule has 0 aliphatic rings. The fourth-order valence-corrected chi connectivity index (χ4v) is 0. The molecule has 20 heavy (non-hydrogen) atoms. The van der Waals surface area contributed by atoms with Gasteiger partial charge in [0.25, 0.3) is 0 Å². The quantitative estimate of drug-likeness (QED) is 0.343. The van der Waals surface area contributed by atoms with Crippen LogP contribution in [-0.4, -0.2) is 176 Å². The van der Waals surface area contributed by atoms with E-state index >= 15 is 0 Å². The van der Waals surface area contributed by atoms with Crippen molar-refractivity contribution in [2.24, 2.45) is 0 Å². The van der Waals surface area contributed by atoms with Crippen molar-refractivity contribution in [3.63, 3.8) is 0 Å². The maximum atomic E-state index is 8.33. The van der Waals surface area contributed by atoms with E-state index in [2.05, 4.69) is 0 Å². The van der Waals surface area contributed by atoms with Crippen LogP contribution in [0.15, 0.2) is 0 Å². The van der Waals surface area contributed by atoms with Crippen LogP contribution in [0.5, 0.6) is 0 Å². The molecule has 0 fully saturated rings.